The number of unbranched alkanes of at least 4 members (excludes halogenated alkanes) is 38. The minimum atomic E-state index is -0.779. The molecule has 0 aromatic rings. The zero-order chi connectivity index (χ0) is 55.7. The molecule has 0 rings (SSSR count). The molecular weight excluding hydrogens is 949 g/mol. The van der Waals surface area contributed by atoms with Crippen LogP contribution in [0.2, 0.25) is 0 Å². The molecule has 0 fully saturated rings. The van der Waals surface area contributed by atoms with Crippen molar-refractivity contribution in [3.05, 3.63) is 72.9 Å². The molecule has 0 spiro atoms. The Morgan fingerprint density at radius 2 is 0.506 bits per heavy atom. The Kier molecular flexibility index (Phi) is 62.7. The van der Waals surface area contributed by atoms with E-state index in [0.29, 0.717) is 19.3 Å². The lowest BCUT2D eigenvalue weighted by Gasteiger charge is -2.18. The van der Waals surface area contributed by atoms with Crippen LogP contribution in [-0.2, 0) is 28.6 Å². The van der Waals surface area contributed by atoms with Crippen LogP contribution in [0.15, 0.2) is 72.9 Å². The van der Waals surface area contributed by atoms with Gasteiger partial charge in [-0.15, -0.1) is 0 Å². The Morgan fingerprint density at radius 1 is 0.273 bits per heavy atom. The molecule has 0 saturated carbocycles. The molecule has 0 aliphatic carbocycles. The van der Waals surface area contributed by atoms with Crippen LogP contribution in [0.5, 0.6) is 0 Å². The fraction of sp³-hybridized carbons (Fsp3) is 0.789. The summed E-state index contributed by atoms with van der Waals surface area (Å²) in [6.45, 7) is 6.53. The predicted octanol–water partition coefficient (Wildman–Crippen LogP) is 22.9. The van der Waals surface area contributed by atoms with Crippen LogP contribution in [0.4, 0.5) is 0 Å². The summed E-state index contributed by atoms with van der Waals surface area (Å²) in [5.41, 5.74) is 0. The Balaban J connectivity index is 4.16. The van der Waals surface area contributed by atoms with Gasteiger partial charge < -0.3 is 14.2 Å². The third-order valence-electron chi connectivity index (χ3n) is 14.7. The van der Waals surface area contributed by atoms with Gasteiger partial charge in [0.05, 0.1) is 0 Å². The monoisotopic (exact) mass is 1070 g/mol. The van der Waals surface area contributed by atoms with Crippen molar-refractivity contribution in [2.24, 2.45) is 0 Å². The molecule has 0 aliphatic heterocycles. The van der Waals surface area contributed by atoms with Crippen LogP contribution in [-0.4, -0.2) is 37.2 Å². The van der Waals surface area contributed by atoms with Crippen LogP contribution in [0.25, 0.3) is 0 Å². The molecule has 0 aliphatic rings. The van der Waals surface area contributed by atoms with E-state index < -0.39 is 6.10 Å². The SMILES string of the molecule is CC/C=C\C/C=C\C/C=C\C/C=C\CCCCCCCCCCCCCCCCCCCCC(=O)OCC(COC(=O)CCCCCCCCCCCCCCC)OC(=O)CCCCCCC/C=C\C/C=C\CCCCC. The molecule has 0 N–H and O–H groups in total. The average molecular weight is 1080 g/mol. The molecule has 0 radical (unpaired) electrons. The number of esters is 3. The summed E-state index contributed by atoms with van der Waals surface area (Å²) in [5, 5.41) is 0. The van der Waals surface area contributed by atoms with Gasteiger partial charge in [0.2, 0.25) is 0 Å². The highest BCUT2D eigenvalue weighted by molar-refractivity contribution is 5.71. The first-order valence-electron chi connectivity index (χ1n) is 33.4. The summed E-state index contributed by atoms with van der Waals surface area (Å²) < 4.78 is 16.9. The van der Waals surface area contributed by atoms with Gasteiger partial charge >= 0.3 is 17.9 Å². The lowest BCUT2D eigenvalue weighted by Crippen LogP contribution is -2.30. The molecule has 0 bridgehead atoms. The average Bonchev–Trinajstić information content (AvgIpc) is 3.43. The van der Waals surface area contributed by atoms with E-state index in [0.717, 1.165) is 109 Å². The van der Waals surface area contributed by atoms with Crippen molar-refractivity contribution in [1.82, 2.24) is 0 Å². The standard InChI is InChI=1S/C71H126O6/c1-4-7-10-13-16-19-22-25-27-28-29-30-31-32-33-34-35-36-37-38-39-40-41-42-44-46-49-52-55-58-61-64-70(73)76-67-68(66-75-69(72)63-60-57-54-51-48-45-24-21-18-15-12-9-6-3)77-71(74)65-62-59-56-53-50-47-43-26-23-20-17-14-11-8-5-2/h7,10,16-17,19-20,25-27,29-30,43,68H,4-6,8-9,11-15,18,21-24,28,31-42,44-67H2,1-3H3/b10-7-,19-16-,20-17-,27-25-,30-29-,43-26-. The van der Waals surface area contributed by atoms with E-state index in [9.17, 15) is 14.4 Å². The summed E-state index contributed by atoms with van der Waals surface area (Å²) in [6, 6.07) is 0. The van der Waals surface area contributed by atoms with Crippen molar-refractivity contribution in [1.29, 1.82) is 0 Å². The maximum Gasteiger partial charge on any atom is 0.306 e. The first-order chi connectivity index (χ1) is 38.0. The molecule has 1 atom stereocenters. The van der Waals surface area contributed by atoms with Gasteiger partial charge in [-0.1, -0.05) is 306 Å². The molecule has 0 heterocycles. The van der Waals surface area contributed by atoms with Gasteiger partial charge in [-0.3, -0.25) is 14.4 Å². The summed E-state index contributed by atoms with van der Waals surface area (Å²) >= 11 is 0. The Labute approximate surface area is 478 Å². The highest BCUT2D eigenvalue weighted by Gasteiger charge is 2.19. The zero-order valence-electron chi connectivity index (χ0n) is 51.2. The van der Waals surface area contributed by atoms with Gasteiger partial charge in [0.1, 0.15) is 13.2 Å². The van der Waals surface area contributed by atoms with E-state index in [2.05, 4.69) is 93.7 Å². The molecule has 0 aromatic heterocycles. The molecule has 0 amide bonds. The number of hydrogen-bond donors (Lipinski definition) is 0. The van der Waals surface area contributed by atoms with Crippen LogP contribution in [0.3, 0.4) is 0 Å². The van der Waals surface area contributed by atoms with Crippen molar-refractivity contribution in [2.45, 2.75) is 348 Å². The van der Waals surface area contributed by atoms with E-state index >= 15 is 0 Å². The smallest absolute Gasteiger partial charge is 0.306 e. The summed E-state index contributed by atoms with van der Waals surface area (Å²) in [5.74, 6) is -0.871. The quantitative estimate of drug-likeness (QED) is 0.0261. The lowest BCUT2D eigenvalue weighted by molar-refractivity contribution is -0.167. The molecule has 6 heteroatoms. The van der Waals surface area contributed by atoms with Gasteiger partial charge in [0, 0.05) is 19.3 Å². The summed E-state index contributed by atoms with van der Waals surface area (Å²) in [6.07, 6.45) is 85.0. The van der Waals surface area contributed by atoms with Crippen molar-refractivity contribution in [2.75, 3.05) is 13.2 Å². The number of allylic oxidation sites excluding steroid dienone is 12. The largest absolute Gasteiger partial charge is 0.462 e. The first kappa shape index (κ1) is 73.8. The third kappa shape index (κ3) is 63.6. The molecule has 0 saturated heterocycles. The maximum atomic E-state index is 12.9. The second-order valence-electron chi connectivity index (χ2n) is 22.4. The topological polar surface area (TPSA) is 78.9 Å². The Hall–Kier alpha value is -3.15. The molecule has 0 aromatic carbocycles. The zero-order valence-corrected chi connectivity index (χ0v) is 51.2. The second-order valence-corrected chi connectivity index (χ2v) is 22.4. The van der Waals surface area contributed by atoms with Crippen molar-refractivity contribution in [3.63, 3.8) is 0 Å². The Morgan fingerprint density at radius 3 is 0.818 bits per heavy atom. The van der Waals surface area contributed by atoms with E-state index in [4.69, 9.17) is 14.2 Å². The molecular formula is C71H126O6. The van der Waals surface area contributed by atoms with Crippen molar-refractivity contribution >= 4 is 17.9 Å². The van der Waals surface area contributed by atoms with E-state index in [1.165, 1.54) is 193 Å². The number of rotatable bonds is 61. The maximum absolute atomic E-state index is 12.9. The van der Waals surface area contributed by atoms with Crippen molar-refractivity contribution in [3.8, 4) is 0 Å². The molecule has 446 valence electrons. The minimum absolute atomic E-state index is 0.0756. The Bertz CT molecular complexity index is 1420. The van der Waals surface area contributed by atoms with E-state index in [-0.39, 0.29) is 31.1 Å². The fourth-order valence-corrected chi connectivity index (χ4v) is 9.70. The summed E-state index contributed by atoms with van der Waals surface area (Å²) in [7, 11) is 0. The molecule has 77 heavy (non-hydrogen) atoms. The van der Waals surface area contributed by atoms with Gasteiger partial charge in [-0.2, -0.15) is 0 Å². The van der Waals surface area contributed by atoms with Gasteiger partial charge in [0.25, 0.3) is 0 Å². The van der Waals surface area contributed by atoms with Crippen LogP contribution in [0.1, 0.15) is 342 Å². The lowest BCUT2D eigenvalue weighted by atomic mass is 10.0. The highest BCUT2D eigenvalue weighted by Crippen LogP contribution is 2.17. The fourth-order valence-electron chi connectivity index (χ4n) is 9.70. The van der Waals surface area contributed by atoms with Crippen LogP contribution in [0, 0.1) is 0 Å². The van der Waals surface area contributed by atoms with Gasteiger partial charge in [-0.25, -0.2) is 0 Å². The number of carbonyl (C=O) groups excluding carboxylic acids is 3. The third-order valence-corrected chi connectivity index (χ3v) is 14.7. The minimum Gasteiger partial charge on any atom is -0.462 e. The first-order valence-corrected chi connectivity index (χ1v) is 33.4. The van der Waals surface area contributed by atoms with Gasteiger partial charge in [-0.05, 0) is 89.9 Å². The van der Waals surface area contributed by atoms with Gasteiger partial charge in [0.15, 0.2) is 6.10 Å². The number of ether oxygens (including phenoxy) is 3. The van der Waals surface area contributed by atoms with Crippen LogP contribution >= 0.6 is 0 Å². The number of carbonyl (C=O) groups is 3. The molecule has 1 unspecified atom stereocenters. The summed E-state index contributed by atoms with van der Waals surface area (Å²) in [4.78, 5) is 38.3. The van der Waals surface area contributed by atoms with E-state index in [1.54, 1.807) is 0 Å². The normalized spacial score (nSPS) is 12.5. The molecule has 6 nitrogen and oxygen atoms in total. The van der Waals surface area contributed by atoms with Crippen LogP contribution < -0.4 is 0 Å². The number of hydrogen-bond acceptors (Lipinski definition) is 6. The van der Waals surface area contributed by atoms with Crippen molar-refractivity contribution < 1.29 is 28.6 Å². The predicted molar refractivity (Wildman–Crippen MR) is 335 cm³/mol. The second kappa shape index (κ2) is 65.4. The van der Waals surface area contributed by atoms with E-state index in [1.807, 2.05) is 0 Å². The highest BCUT2D eigenvalue weighted by atomic mass is 16.6.